The molecule has 4 aromatic rings. The molecule has 32 heavy (non-hydrogen) atoms. The zero-order chi connectivity index (χ0) is 22.5. The van der Waals surface area contributed by atoms with E-state index in [0.29, 0.717) is 26.7 Å². The Balaban J connectivity index is 1.61. The first-order valence-corrected chi connectivity index (χ1v) is 11.3. The second-order valence-electron chi connectivity index (χ2n) is 6.64. The SMILES string of the molecule is COc1cccc(-c2nnc(SCC(=O)Nc3c(Cl)cccc3Cl)n2-c2ccccc2)c1. The Morgan fingerprint density at radius 2 is 1.72 bits per heavy atom. The number of hydrogen-bond acceptors (Lipinski definition) is 5. The zero-order valence-corrected chi connectivity index (χ0v) is 19.3. The molecule has 0 aliphatic heterocycles. The number of amides is 1. The lowest BCUT2D eigenvalue weighted by atomic mass is 10.2. The summed E-state index contributed by atoms with van der Waals surface area (Å²) in [5.74, 6) is 1.21. The number of nitrogens with one attached hydrogen (secondary N) is 1. The molecule has 3 aromatic carbocycles. The van der Waals surface area contributed by atoms with Gasteiger partial charge in [-0.1, -0.05) is 71.4 Å². The number of methoxy groups -OCH3 is 1. The number of thioether (sulfide) groups is 1. The van der Waals surface area contributed by atoms with Crippen LogP contribution in [0.3, 0.4) is 0 Å². The van der Waals surface area contributed by atoms with E-state index in [1.165, 1.54) is 11.8 Å². The van der Waals surface area contributed by atoms with Crippen LogP contribution < -0.4 is 10.1 Å². The number of nitrogens with zero attached hydrogens (tertiary/aromatic N) is 3. The lowest BCUT2D eigenvalue weighted by molar-refractivity contribution is -0.113. The molecule has 0 saturated carbocycles. The summed E-state index contributed by atoms with van der Waals surface area (Å²) in [6.07, 6.45) is 0. The van der Waals surface area contributed by atoms with Gasteiger partial charge in [-0.15, -0.1) is 10.2 Å². The molecule has 1 heterocycles. The average Bonchev–Trinajstić information content (AvgIpc) is 3.25. The first kappa shape index (κ1) is 22.2. The van der Waals surface area contributed by atoms with E-state index < -0.39 is 0 Å². The molecule has 0 aliphatic rings. The minimum Gasteiger partial charge on any atom is -0.497 e. The van der Waals surface area contributed by atoms with E-state index in [1.807, 2.05) is 59.2 Å². The van der Waals surface area contributed by atoms with Gasteiger partial charge in [-0.05, 0) is 36.4 Å². The number of benzene rings is 3. The zero-order valence-electron chi connectivity index (χ0n) is 17.0. The normalized spacial score (nSPS) is 10.7. The predicted octanol–water partition coefficient (Wildman–Crippen LogP) is 5.98. The fourth-order valence-corrected chi connectivity index (χ4v) is 4.29. The van der Waals surface area contributed by atoms with Gasteiger partial charge in [-0.2, -0.15) is 0 Å². The lowest BCUT2D eigenvalue weighted by Crippen LogP contribution is -2.15. The van der Waals surface area contributed by atoms with Crippen molar-refractivity contribution in [3.8, 4) is 22.8 Å². The van der Waals surface area contributed by atoms with Crippen LogP contribution in [0.5, 0.6) is 5.75 Å². The summed E-state index contributed by atoms with van der Waals surface area (Å²) in [4.78, 5) is 12.6. The Morgan fingerprint density at radius 1 is 1.00 bits per heavy atom. The van der Waals surface area contributed by atoms with Crippen molar-refractivity contribution in [2.24, 2.45) is 0 Å². The molecule has 1 amide bonds. The minimum absolute atomic E-state index is 0.102. The fraction of sp³-hybridized carbons (Fsp3) is 0.0870. The van der Waals surface area contributed by atoms with Gasteiger partial charge in [0.2, 0.25) is 5.91 Å². The van der Waals surface area contributed by atoms with Gasteiger partial charge in [0, 0.05) is 11.3 Å². The molecule has 0 bridgehead atoms. The Morgan fingerprint density at radius 3 is 2.44 bits per heavy atom. The highest BCUT2D eigenvalue weighted by atomic mass is 35.5. The van der Waals surface area contributed by atoms with Crippen molar-refractivity contribution in [1.82, 2.24) is 14.8 Å². The van der Waals surface area contributed by atoms with Gasteiger partial charge in [-0.3, -0.25) is 9.36 Å². The number of hydrogen-bond donors (Lipinski definition) is 1. The van der Waals surface area contributed by atoms with Crippen LogP contribution in [0.4, 0.5) is 5.69 Å². The van der Waals surface area contributed by atoms with Crippen LogP contribution in [0.25, 0.3) is 17.1 Å². The Kier molecular flexibility index (Phi) is 6.99. The van der Waals surface area contributed by atoms with E-state index >= 15 is 0 Å². The van der Waals surface area contributed by atoms with E-state index in [2.05, 4.69) is 15.5 Å². The maximum atomic E-state index is 12.6. The number of carbonyl (C=O) groups is 1. The highest BCUT2D eigenvalue weighted by Gasteiger charge is 2.18. The Hall–Kier alpha value is -3.00. The maximum Gasteiger partial charge on any atom is 0.234 e. The molecule has 0 spiro atoms. The second kappa shape index (κ2) is 10.1. The van der Waals surface area contributed by atoms with Gasteiger partial charge in [0.25, 0.3) is 0 Å². The molecular formula is C23H18Cl2N4O2S. The lowest BCUT2D eigenvalue weighted by Gasteiger charge is -2.11. The largest absolute Gasteiger partial charge is 0.497 e. The van der Waals surface area contributed by atoms with Crippen LogP contribution in [0.15, 0.2) is 78.0 Å². The van der Waals surface area contributed by atoms with Gasteiger partial charge in [0.05, 0.1) is 28.6 Å². The molecule has 0 atom stereocenters. The minimum atomic E-state index is -0.254. The van der Waals surface area contributed by atoms with Gasteiger partial charge in [0.1, 0.15) is 5.75 Å². The summed E-state index contributed by atoms with van der Waals surface area (Å²) >= 11 is 13.6. The number of carbonyl (C=O) groups excluding carboxylic acids is 1. The van der Waals surface area contributed by atoms with Gasteiger partial charge < -0.3 is 10.1 Å². The van der Waals surface area contributed by atoms with Gasteiger partial charge >= 0.3 is 0 Å². The van der Waals surface area contributed by atoms with Crippen LogP contribution in [0.2, 0.25) is 10.0 Å². The monoisotopic (exact) mass is 484 g/mol. The summed E-state index contributed by atoms with van der Waals surface area (Å²) in [5, 5.41) is 12.8. The summed E-state index contributed by atoms with van der Waals surface area (Å²) in [6.45, 7) is 0. The molecule has 162 valence electrons. The topological polar surface area (TPSA) is 69.0 Å². The smallest absolute Gasteiger partial charge is 0.234 e. The third-order valence-electron chi connectivity index (χ3n) is 4.54. The van der Waals surface area contributed by atoms with Crippen molar-refractivity contribution in [2.45, 2.75) is 5.16 Å². The van der Waals surface area contributed by atoms with Crippen molar-refractivity contribution < 1.29 is 9.53 Å². The first-order chi connectivity index (χ1) is 15.6. The molecule has 0 aliphatic carbocycles. The van der Waals surface area contributed by atoms with E-state index in [0.717, 1.165) is 17.0 Å². The van der Waals surface area contributed by atoms with Crippen LogP contribution >= 0.6 is 35.0 Å². The molecule has 0 saturated heterocycles. The molecule has 6 nitrogen and oxygen atoms in total. The number of rotatable bonds is 7. The van der Waals surface area contributed by atoms with E-state index in [9.17, 15) is 4.79 Å². The summed E-state index contributed by atoms with van der Waals surface area (Å²) in [7, 11) is 1.62. The average molecular weight is 485 g/mol. The highest BCUT2D eigenvalue weighted by Crippen LogP contribution is 2.32. The number of anilines is 1. The molecule has 9 heteroatoms. The molecular weight excluding hydrogens is 467 g/mol. The second-order valence-corrected chi connectivity index (χ2v) is 8.40. The fourth-order valence-electron chi connectivity index (χ4n) is 3.05. The number of halogens is 2. The maximum absolute atomic E-state index is 12.6. The third-order valence-corrected chi connectivity index (χ3v) is 6.09. The van der Waals surface area contributed by atoms with Gasteiger partial charge in [0.15, 0.2) is 11.0 Å². The van der Waals surface area contributed by atoms with Gasteiger partial charge in [-0.25, -0.2) is 0 Å². The first-order valence-electron chi connectivity index (χ1n) is 9.58. The van der Waals surface area contributed by atoms with Crippen LogP contribution in [-0.4, -0.2) is 33.5 Å². The quantitative estimate of drug-likeness (QED) is 0.326. The van der Waals surface area contributed by atoms with E-state index in [1.54, 1.807) is 25.3 Å². The molecule has 1 aromatic heterocycles. The summed E-state index contributed by atoms with van der Waals surface area (Å²) < 4.78 is 7.26. The molecule has 1 N–H and O–H groups in total. The molecule has 0 fully saturated rings. The standard InChI is InChI=1S/C23H18Cl2N4O2S/c1-31-17-10-5-7-15(13-17)22-27-28-23(29(22)16-8-3-2-4-9-16)32-14-20(30)26-21-18(24)11-6-12-19(21)25/h2-13H,14H2,1H3,(H,26,30). The summed E-state index contributed by atoms with van der Waals surface area (Å²) in [6, 6.07) is 22.4. The van der Waals surface area contributed by atoms with Crippen molar-refractivity contribution >= 4 is 46.6 Å². The predicted molar refractivity (Wildman–Crippen MR) is 129 cm³/mol. The number of para-hydroxylation sites is 2. The Labute approximate surface area is 199 Å². The van der Waals surface area contributed by atoms with Crippen molar-refractivity contribution in [1.29, 1.82) is 0 Å². The van der Waals surface area contributed by atoms with Crippen LogP contribution in [-0.2, 0) is 4.79 Å². The highest BCUT2D eigenvalue weighted by molar-refractivity contribution is 7.99. The molecule has 0 unspecified atom stereocenters. The molecule has 4 rings (SSSR count). The van der Waals surface area contributed by atoms with Crippen molar-refractivity contribution in [2.75, 3.05) is 18.2 Å². The van der Waals surface area contributed by atoms with Crippen LogP contribution in [0.1, 0.15) is 0 Å². The third kappa shape index (κ3) is 4.91. The summed E-state index contributed by atoms with van der Waals surface area (Å²) in [5.41, 5.74) is 2.12. The van der Waals surface area contributed by atoms with E-state index in [-0.39, 0.29) is 11.7 Å². The van der Waals surface area contributed by atoms with Crippen molar-refractivity contribution in [3.05, 3.63) is 82.8 Å². The van der Waals surface area contributed by atoms with Crippen LogP contribution in [0, 0.1) is 0 Å². The van der Waals surface area contributed by atoms with E-state index in [4.69, 9.17) is 27.9 Å². The van der Waals surface area contributed by atoms with Crippen molar-refractivity contribution in [3.63, 3.8) is 0 Å². The molecule has 0 radical (unpaired) electrons. The Bertz CT molecular complexity index is 1230. The number of aromatic nitrogens is 3. The number of ether oxygens (including phenoxy) is 1.